The maximum absolute atomic E-state index is 13.9. The summed E-state index contributed by atoms with van der Waals surface area (Å²) in [5.41, 5.74) is -0.154. The van der Waals surface area contributed by atoms with Crippen LogP contribution in [0.3, 0.4) is 0 Å². The first kappa shape index (κ1) is 16.6. The Labute approximate surface area is 133 Å². The second kappa shape index (κ2) is 5.68. The molecule has 1 fully saturated rings. The number of benzene rings is 1. The molecule has 0 aromatic heterocycles. The summed E-state index contributed by atoms with van der Waals surface area (Å²) in [4.78, 5) is -0.267. The average Bonchev–Trinajstić information content (AvgIpc) is 2.71. The van der Waals surface area contributed by atoms with E-state index in [1.807, 2.05) is 0 Å². The number of rotatable bonds is 3. The first-order chi connectivity index (χ1) is 10.7. The van der Waals surface area contributed by atoms with Gasteiger partial charge in [-0.05, 0) is 12.1 Å². The number of alkyl halides is 2. The van der Waals surface area contributed by atoms with Crippen LogP contribution in [-0.4, -0.2) is 45.0 Å². The number of sulfone groups is 1. The minimum atomic E-state index is -3.73. The molecule has 1 heterocycles. The van der Waals surface area contributed by atoms with Crippen LogP contribution in [0.1, 0.15) is 30.1 Å². The summed E-state index contributed by atoms with van der Waals surface area (Å²) in [7, 11) is -3.73. The summed E-state index contributed by atoms with van der Waals surface area (Å²) < 4.78 is 62.6. The zero-order valence-corrected chi connectivity index (χ0v) is 13.4. The third-order valence-electron chi connectivity index (χ3n) is 4.22. The number of hydrogen-bond donors (Lipinski definition) is 1. The van der Waals surface area contributed by atoms with Crippen LogP contribution in [0.15, 0.2) is 17.0 Å². The monoisotopic (exact) mass is 348 g/mol. The van der Waals surface area contributed by atoms with Gasteiger partial charge in [-0.15, -0.1) is 0 Å². The van der Waals surface area contributed by atoms with E-state index in [0.29, 0.717) is 26.1 Å². The number of hydrogen-bond acceptors (Lipinski definition) is 5. The molecule has 1 aromatic carbocycles. The highest BCUT2D eigenvalue weighted by atomic mass is 32.2. The Bertz CT molecular complexity index is 711. The second-order valence-electron chi connectivity index (χ2n) is 6.00. The van der Waals surface area contributed by atoms with Crippen LogP contribution < -0.4 is 4.74 Å². The van der Waals surface area contributed by atoms with Gasteiger partial charge in [0.1, 0.15) is 18.0 Å². The van der Waals surface area contributed by atoms with Crippen molar-refractivity contribution in [3.05, 3.63) is 23.3 Å². The van der Waals surface area contributed by atoms with Crippen molar-refractivity contribution in [1.82, 2.24) is 0 Å². The van der Waals surface area contributed by atoms with Gasteiger partial charge in [-0.3, -0.25) is 0 Å². The highest BCUT2D eigenvalue weighted by Gasteiger charge is 2.50. The zero-order valence-electron chi connectivity index (χ0n) is 12.6. The molecule has 1 aliphatic heterocycles. The second-order valence-corrected chi connectivity index (χ2v) is 7.98. The molecule has 1 atom stereocenters. The maximum Gasteiger partial charge on any atom is 0.281 e. The molecule has 1 aliphatic carbocycles. The number of fused-ring (bicyclic) bond motifs is 1. The fourth-order valence-corrected chi connectivity index (χ4v) is 4.01. The van der Waals surface area contributed by atoms with Gasteiger partial charge in [-0.2, -0.15) is 0 Å². The average molecular weight is 348 g/mol. The summed E-state index contributed by atoms with van der Waals surface area (Å²) >= 11 is 0. The standard InChI is InChI=1S/C15H18F2O5S/c1-23(19,20)12-3-2-11(22-9-4-6-21-7-5-9)10-8-15(16,17)14(18)13(10)12/h2-3,9,14,18H,4-8H2,1H3/t14-/m0/s1. The zero-order chi connectivity index (χ0) is 16.8. The fourth-order valence-electron chi connectivity index (χ4n) is 3.06. The third kappa shape index (κ3) is 3.07. The Morgan fingerprint density at radius 1 is 1.30 bits per heavy atom. The van der Waals surface area contributed by atoms with Crippen molar-refractivity contribution >= 4 is 9.84 Å². The summed E-state index contributed by atoms with van der Waals surface area (Å²) in [6, 6.07) is 2.63. The number of aliphatic hydroxyl groups excluding tert-OH is 1. The van der Waals surface area contributed by atoms with Crippen molar-refractivity contribution in [2.24, 2.45) is 0 Å². The van der Waals surface area contributed by atoms with Gasteiger partial charge in [0.05, 0.1) is 18.1 Å². The van der Waals surface area contributed by atoms with Gasteiger partial charge in [0.15, 0.2) is 9.84 Å². The molecule has 1 saturated heterocycles. The van der Waals surface area contributed by atoms with E-state index in [4.69, 9.17) is 9.47 Å². The van der Waals surface area contributed by atoms with Crippen LogP contribution in [0.4, 0.5) is 8.78 Å². The first-order valence-electron chi connectivity index (χ1n) is 7.36. The van der Waals surface area contributed by atoms with E-state index in [2.05, 4.69) is 0 Å². The molecule has 128 valence electrons. The smallest absolute Gasteiger partial charge is 0.281 e. The van der Waals surface area contributed by atoms with Crippen molar-refractivity contribution in [2.45, 2.75) is 42.3 Å². The van der Waals surface area contributed by atoms with Crippen molar-refractivity contribution in [3.63, 3.8) is 0 Å². The lowest BCUT2D eigenvalue weighted by Gasteiger charge is -2.24. The van der Waals surface area contributed by atoms with E-state index in [0.717, 1.165) is 6.26 Å². The Morgan fingerprint density at radius 2 is 1.96 bits per heavy atom. The predicted molar refractivity (Wildman–Crippen MR) is 77.6 cm³/mol. The Morgan fingerprint density at radius 3 is 2.57 bits per heavy atom. The van der Waals surface area contributed by atoms with E-state index in [-0.39, 0.29) is 27.9 Å². The lowest BCUT2D eigenvalue weighted by Crippen LogP contribution is -2.26. The highest BCUT2D eigenvalue weighted by molar-refractivity contribution is 7.90. The summed E-state index contributed by atoms with van der Waals surface area (Å²) in [6.45, 7) is 1.07. The molecule has 2 aliphatic rings. The topological polar surface area (TPSA) is 72.8 Å². The van der Waals surface area contributed by atoms with Crippen LogP contribution in [0.25, 0.3) is 0 Å². The largest absolute Gasteiger partial charge is 0.490 e. The summed E-state index contributed by atoms with van der Waals surface area (Å²) in [5, 5.41) is 9.89. The van der Waals surface area contributed by atoms with Gasteiger partial charge in [0, 0.05) is 36.6 Å². The molecule has 1 aromatic rings. The van der Waals surface area contributed by atoms with E-state index in [1.165, 1.54) is 12.1 Å². The maximum atomic E-state index is 13.9. The summed E-state index contributed by atoms with van der Waals surface area (Å²) in [6.07, 6.45) is -0.817. The Hall–Kier alpha value is -1.25. The van der Waals surface area contributed by atoms with Gasteiger partial charge in [-0.25, -0.2) is 17.2 Å². The molecule has 0 saturated carbocycles. The van der Waals surface area contributed by atoms with Crippen molar-refractivity contribution in [3.8, 4) is 5.75 Å². The quantitative estimate of drug-likeness (QED) is 0.903. The number of ether oxygens (including phenoxy) is 2. The molecule has 23 heavy (non-hydrogen) atoms. The van der Waals surface area contributed by atoms with Crippen LogP contribution in [0.5, 0.6) is 5.75 Å². The van der Waals surface area contributed by atoms with Gasteiger partial charge < -0.3 is 14.6 Å². The van der Waals surface area contributed by atoms with Gasteiger partial charge >= 0.3 is 0 Å². The van der Waals surface area contributed by atoms with Crippen LogP contribution in [0.2, 0.25) is 0 Å². The molecule has 0 bridgehead atoms. The van der Waals surface area contributed by atoms with Crippen molar-refractivity contribution in [1.29, 1.82) is 0 Å². The molecule has 0 spiro atoms. The molecule has 0 radical (unpaired) electrons. The lowest BCUT2D eigenvalue weighted by atomic mass is 10.1. The molecule has 8 heteroatoms. The van der Waals surface area contributed by atoms with E-state index in [9.17, 15) is 22.3 Å². The number of aliphatic hydroxyl groups is 1. The minimum absolute atomic E-state index is 0.0805. The highest BCUT2D eigenvalue weighted by Crippen LogP contribution is 2.49. The first-order valence-corrected chi connectivity index (χ1v) is 9.25. The molecule has 5 nitrogen and oxygen atoms in total. The SMILES string of the molecule is CS(=O)(=O)c1ccc(OC2CCOCC2)c2c1[C@H](O)C(F)(F)C2. The normalized spacial score (nSPS) is 24.4. The predicted octanol–water partition coefficient (Wildman–Crippen LogP) is 1.87. The van der Waals surface area contributed by atoms with Gasteiger partial charge in [0.2, 0.25) is 0 Å². The third-order valence-corrected chi connectivity index (χ3v) is 5.38. The summed E-state index contributed by atoms with van der Waals surface area (Å²) in [5.74, 6) is -3.19. The van der Waals surface area contributed by atoms with Crippen LogP contribution >= 0.6 is 0 Å². The van der Waals surface area contributed by atoms with Crippen LogP contribution in [0, 0.1) is 0 Å². The Balaban J connectivity index is 2.04. The number of halogens is 2. The fraction of sp³-hybridized carbons (Fsp3) is 0.600. The van der Waals surface area contributed by atoms with Crippen molar-refractivity contribution < 1.29 is 31.8 Å². The molecule has 3 rings (SSSR count). The Kier molecular flexibility index (Phi) is 4.10. The van der Waals surface area contributed by atoms with E-state index in [1.54, 1.807) is 0 Å². The minimum Gasteiger partial charge on any atom is -0.490 e. The molecular weight excluding hydrogens is 330 g/mol. The molecule has 0 amide bonds. The molecule has 1 N–H and O–H groups in total. The van der Waals surface area contributed by atoms with E-state index >= 15 is 0 Å². The lowest BCUT2D eigenvalue weighted by molar-refractivity contribution is -0.0977. The molecular formula is C15H18F2O5S. The van der Waals surface area contributed by atoms with Crippen molar-refractivity contribution in [2.75, 3.05) is 19.5 Å². The van der Waals surface area contributed by atoms with E-state index < -0.39 is 28.3 Å². The van der Waals surface area contributed by atoms with Gasteiger partial charge in [0.25, 0.3) is 5.92 Å². The van der Waals surface area contributed by atoms with Crippen LogP contribution in [-0.2, 0) is 21.0 Å². The van der Waals surface area contributed by atoms with Gasteiger partial charge in [-0.1, -0.05) is 0 Å². The molecule has 0 unspecified atom stereocenters.